The van der Waals surface area contributed by atoms with Crippen LogP contribution in [0.5, 0.6) is 5.75 Å². The second kappa shape index (κ2) is 13.2. The molecule has 1 saturated heterocycles. The summed E-state index contributed by atoms with van der Waals surface area (Å²) in [5, 5.41) is 6.52. The molecule has 2 N–H and O–H groups in total. The van der Waals surface area contributed by atoms with Gasteiger partial charge in [-0.2, -0.15) is 8.78 Å². The molecule has 1 unspecified atom stereocenters. The number of benzene rings is 1. The summed E-state index contributed by atoms with van der Waals surface area (Å²) in [6.45, 7) is 10.1. The van der Waals surface area contributed by atoms with Crippen molar-refractivity contribution < 1.29 is 13.5 Å². The van der Waals surface area contributed by atoms with Gasteiger partial charge in [-0.15, -0.1) is 24.0 Å². The minimum Gasteiger partial charge on any atom is -0.434 e. The summed E-state index contributed by atoms with van der Waals surface area (Å²) in [4.78, 5) is 9.17. The van der Waals surface area contributed by atoms with Gasteiger partial charge in [-0.05, 0) is 26.5 Å². The fourth-order valence-corrected chi connectivity index (χ4v) is 3.35. The maximum atomic E-state index is 12.6. The number of nitrogens with zero attached hydrogens (tertiary/aromatic N) is 3. The number of aryl methyl sites for hydroxylation is 1. The van der Waals surface area contributed by atoms with Gasteiger partial charge in [-0.1, -0.05) is 24.6 Å². The van der Waals surface area contributed by atoms with E-state index in [1.54, 1.807) is 19.2 Å². The molecule has 1 fully saturated rings. The van der Waals surface area contributed by atoms with E-state index in [9.17, 15) is 8.78 Å². The number of piperazine rings is 1. The van der Waals surface area contributed by atoms with E-state index >= 15 is 0 Å². The third-order valence-electron chi connectivity index (χ3n) is 5.14. The molecule has 1 aliphatic heterocycles. The number of halogens is 3. The van der Waals surface area contributed by atoms with Gasteiger partial charge in [-0.3, -0.25) is 9.89 Å². The summed E-state index contributed by atoms with van der Waals surface area (Å²) in [5.74, 6) is 0.828. The first-order valence-corrected chi connectivity index (χ1v) is 9.88. The normalized spacial score (nSPS) is 17.0. The van der Waals surface area contributed by atoms with Crippen molar-refractivity contribution in [3.63, 3.8) is 0 Å². The number of likely N-dealkylation sites (N-methyl/N-ethyl adjacent to an activating group) is 1. The number of nitrogens with one attached hydrogen (secondary N) is 2. The number of guanidine groups is 1. The minimum atomic E-state index is -2.84. The molecule has 0 radical (unpaired) electrons. The topological polar surface area (TPSA) is 52.1 Å². The van der Waals surface area contributed by atoms with E-state index < -0.39 is 6.61 Å². The van der Waals surface area contributed by atoms with Gasteiger partial charge in [0, 0.05) is 57.9 Å². The molecule has 1 aromatic rings. The van der Waals surface area contributed by atoms with Gasteiger partial charge in [-0.25, -0.2) is 0 Å². The maximum absolute atomic E-state index is 12.6. The van der Waals surface area contributed by atoms with E-state index in [4.69, 9.17) is 0 Å². The molecular weight excluding hydrogens is 491 g/mol. The van der Waals surface area contributed by atoms with Gasteiger partial charge in [0.15, 0.2) is 5.96 Å². The molecule has 1 aliphatic rings. The lowest BCUT2D eigenvalue weighted by atomic mass is 10.1. The highest BCUT2D eigenvalue weighted by atomic mass is 127. The average molecular weight is 525 g/mol. The van der Waals surface area contributed by atoms with Crippen LogP contribution in [0, 0.1) is 6.92 Å². The Morgan fingerprint density at radius 3 is 2.48 bits per heavy atom. The molecule has 1 heterocycles. The summed E-state index contributed by atoms with van der Waals surface area (Å²) in [7, 11) is 1.70. The lowest BCUT2D eigenvalue weighted by molar-refractivity contribution is -0.0504. The van der Waals surface area contributed by atoms with Crippen molar-refractivity contribution in [1.82, 2.24) is 20.4 Å². The van der Waals surface area contributed by atoms with E-state index in [1.165, 1.54) is 0 Å². The molecule has 1 atom stereocenters. The number of aliphatic imine (C=N–C) groups is 1. The van der Waals surface area contributed by atoms with Gasteiger partial charge in [0.05, 0.1) is 0 Å². The third-order valence-corrected chi connectivity index (χ3v) is 5.14. The van der Waals surface area contributed by atoms with Gasteiger partial charge in [0.2, 0.25) is 0 Å². The predicted molar refractivity (Wildman–Crippen MR) is 125 cm³/mol. The van der Waals surface area contributed by atoms with Crippen molar-refractivity contribution in [3.05, 3.63) is 29.3 Å². The van der Waals surface area contributed by atoms with E-state index in [0.29, 0.717) is 24.1 Å². The molecular formula is C20H34F2IN5O. The molecule has 29 heavy (non-hydrogen) atoms. The van der Waals surface area contributed by atoms with Crippen LogP contribution in [-0.2, 0) is 6.54 Å². The van der Waals surface area contributed by atoms with Crippen LogP contribution in [0.2, 0.25) is 0 Å². The van der Waals surface area contributed by atoms with Gasteiger partial charge < -0.3 is 20.3 Å². The molecule has 0 aliphatic carbocycles. The summed E-state index contributed by atoms with van der Waals surface area (Å²) in [5.41, 5.74) is 1.66. The number of ether oxygens (including phenoxy) is 1. The van der Waals surface area contributed by atoms with Gasteiger partial charge >= 0.3 is 6.61 Å². The SMILES string of the molecule is CCN1CCN(C(C)CNC(=NC)NCc2cc(C)ccc2OC(F)F)CC1.I. The first-order valence-electron chi connectivity index (χ1n) is 9.88. The monoisotopic (exact) mass is 525 g/mol. The molecule has 0 aromatic heterocycles. The molecule has 0 spiro atoms. The summed E-state index contributed by atoms with van der Waals surface area (Å²) in [6, 6.07) is 5.56. The van der Waals surface area contributed by atoms with Crippen molar-refractivity contribution in [2.24, 2.45) is 4.99 Å². The lowest BCUT2D eigenvalue weighted by Crippen LogP contribution is -2.53. The van der Waals surface area contributed by atoms with E-state index in [2.05, 4.69) is 44.0 Å². The lowest BCUT2D eigenvalue weighted by Gasteiger charge is -2.37. The van der Waals surface area contributed by atoms with Crippen LogP contribution < -0.4 is 15.4 Å². The standard InChI is InChI=1S/C20H33F2N5O.HI/c1-5-26-8-10-27(11-9-26)16(3)13-24-20(23-4)25-14-17-12-15(2)6-7-18(17)28-19(21)22;/h6-7,12,16,19H,5,8-11,13-14H2,1-4H3,(H2,23,24,25);1H. The Bertz CT molecular complexity index is 639. The Morgan fingerprint density at radius 2 is 1.90 bits per heavy atom. The Morgan fingerprint density at radius 1 is 1.21 bits per heavy atom. The van der Waals surface area contributed by atoms with Crippen LogP contribution in [0.25, 0.3) is 0 Å². The maximum Gasteiger partial charge on any atom is 0.387 e. The van der Waals surface area contributed by atoms with Gasteiger partial charge in [0.25, 0.3) is 0 Å². The summed E-state index contributed by atoms with van der Waals surface area (Å²) < 4.78 is 29.8. The van der Waals surface area contributed by atoms with E-state index in [0.717, 1.165) is 44.8 Å². The average Bonchev–Trinajstić information content (AvgIpc) is 2.69. The Kier molecular flexibility index (Phi) is 11.7. The fourth-order valence-electron chi connectivity index (χ4n) is 3.35. The van der Waals surface area contributed by atoms with Crippen LogP contribution in [0.15, 0.2) is 23.2 Å². The molecule has 1 aromatic carbocycles. The molecule has 166 valence electrons. The first-order chi connectivity index (χ1) is 13.4. The van der Waals surface area contributed by atoms with Crippen LogP contribution in [0.3, 0.4) is 0 Å². The Labute approximate surface area is 190 Å². The number of hydrogen-bond donors (Lipinski definition) is 2. The van der Waals surface area contributed by atoms with Gasteiger partial charge in [0.1, 0.15) is 5.75 Å². The van der Waals surface area contributed by atoms with Crippen LogP contribution in [0.4, 0.5) is 8.78 Å². The van der Waals surface area contributed by atoms with Crippen molar-refractivity contribution in [2.75, 3.05) is 46.3 Å². The number of rotatable bonds is 8. The Hall–Kier alpha value is -1.20. The molecule has 6 nitrogen and oxygen atoms in total. The summed E-state index contributed by atoms with van der Waals surface area (Å²) >= 11 is 0. The van der Waals surface area contributed by atoms with Crippen LogP contribution in [0.1, 0.15) is 25.0 Å². The zero-order chi connectivity index (χ0) is 20.5. The zero-order valence-electron chi connectivity index (χ0n) is 17.8. The van der Waals surface area contributed by atoms with Crippen molar-refractivity contribution in [3.8, 4) is 5.75 Å². The second-order valence-electron chi connectivity index (χ2n) is 7.12. The molecule has 9 heteroatoms. The zero-order valence-corrected chi connectivity index (χ0v) is 20.1. The van der Waals surface area contributed by atoms with E-state index in [1.807, 2.05) is 13.0 Å². The minimum absolute atomic E-state index is 0. The van der Waals surface area contributed by atoms with E-state index in [-0.39, 0.29) is 29.7 Å². The second-order valence-corrected chi connectivity index (χ2v) is 7.12. The third kappa shape index (κ3) is 8.59. The van der Waals surface area contributed by atoms with Crippen molar-refractivity contribution in [2.45, 2.75) is 40.0 Å². The molecule has 2 rings (SSSR count). The summed E-state index contributed by atoms with van der Waals surface area (Å²) in [6.07, 6.45) is 0. The van der Waals surface area contributed by atoms with Crippen molar-refractivity contribution >= 4 is 29.9 Å². The van der Waals surface area contributed by atoms with Crippen LogP contribution in [-0.4, -0.2) is 74.7 Å². The molecule has 0 saturated carbocycles. The highest BCUT2D eigenvalue weighted by Gasteiger charge is 2.20. The first kappa shape index (κ1) is 25.8. The largest absolute Gasteiger partial charge is 0.434 e. The molecule has 0 bridgehead atoms. The quantitative estimate of drug-likeness (QED) is 0.311. The fraction of sp³-hybridized carbons (Fsp3) is 0.650. The van der Waals surface area contributed by atoms with Crippen molar-refractivity contribution in [1.29, 1.82) is 0 Å². The number of hydrogen-bond acceptors (Lipinski definition) is 4. The smallest absolute Gasteiger partial charge is 0.387 e. The molecule has 0 amide bonds. The number of alkyl halides is 2. The van der Waals surface area contributed by atoms with Crippen LogP contribution >= 0.6 is 24.0 Å². The highest BCUT2D eigenvalue weighted by molar-refractivity contribution is 14.0. The highest BCUT2D eigenvalue weighted by Crippen LogP contribution is 2.21. The predicted octanol–water partition coefficient (Wildman–Crippen LogP) is 2.91. The Balaban J connectivity index is 0.00000420.